The van der Waals surface area contributed by atoms with E-state index in [1.54, 1.807) is 6.20 Å². The van der Waals surface area contributed by atoms with E-state index in [4.69, 9.17) is 22.8 Å². The van der Waals surface area contributed by atoms with Gasteiger partial charge >= 0.3 is 0 Å². The molecule has 0 fully saturated rings. The highest BCUT2D eigenvalue weighted by Crippen LogP contribution is 2.18. The molecule has 0 radical (unpaired) electrons. The molecule has 0 saturated carbocycles. The second kappa shape index (κ2) is 4.42. The summed E-state index contributed by atoms with van der Waals surface area (Å²) in [5.41, 5.74) is 1.62. The van der Waals surface area contributed by atoms with Gasteiger partial charge in [-0.2, -0.15) is 0 Å². The van der Waals surface area contributed by atoms with E-state index in [0.29, 0.717) is 5.69 Å². The zero-order valence-corrected chi connectivity index (χ0v) is 9.57. The Morgan fingerprint density at radius 3 is 2.94 bits per heavy atom. The van der Waals surface area contributed by atoms with Crippen molar-refractivity contribution in [2.75, 3.05) is 12.1 Å². The Labute approximate surface area is 98.6 Å². The summed E-state index contributed by atoms with van der Waals surface area (Å²) in [5.74, 6) is 5.77. The number of nitrogens with two attached hydrogens (primary N) is 1. The molecule has 1 aromatic carbocycles. The van der Waals surface area contributed by atoms with Crippen molar-refractivity contribution in [3.05, 3.63) is 36.5 Å². The summed E-state index contributed by atoms with van der Waals surface area (Å²) in [6.07, 6.45) is 1.66. The third-order valence-corrected chi connectivity index (χ3v) is 2.59. The highest BCUT2D eigenvalue weighted by Gasteiger charge is 2.08. The SMILES string of the molecule is COC(=S)N(N)c1cnc2ccccc2c1. The topological polar surface area (TPSA) is 51.4 Å². The molecule has 1 heterocycles. The molecule has 0 aliphatic heterocycles. The summed E-state index contributed by atoms with van der Waals surface area (Å²) in [6.45, 7) is 0. The zero-order chi connectivity index (χ0) is 11.5. The maximum atomic E-state index is 5.77. The molecule has 0 bridgehead atoms. The first kappa shape index (κ1) is 10.8. The van der Waals surface area contributed by atoms with Gasteiger partial charge in [-0.25, -0.2) is 10.9 Å². The molecule has 1 aromatic heterocycles. The molecule has 5 heteroatoms. The number of methoxy groups -OCH3 is 1. The number of ether oxygens (including phenoxy) is 1. The van der Waals surface area contributed by atoms with Crippen molar-refractivity contribution in [1.29, 1.82) is 0 Å². The van der Waals surface area contributed by atoms with E-state index in [9.17, 15) is 0 Å². The summed E-state index contributed by atoms with van der Waals surface area (Å²) in [7, 11) is 1.48. The molecule has 0 amide bonds. The fraction of sp³-hybridized carbons (Fsp3) is 0.0909. The fourth-order valence-electron chi connectivity index (χ4n) is 1.39. The summed E-state index contributed by atoms with van der Waals surface area (Å²) in [5, 5.41) is 2.50. The molecule has 2 rings (SSSR count). The van der Waals surface area contributed by atoms with Crippen LogP contribution in [0.15, 0.2) is 36.5 Å². The molecule has 0 unspecified atom stereocenters. The Morgan fingerprint density at radius 1 is 1.44 bits per heavy atom. The number of para-hydroxylation sites is 1. The number of hydrogen-bond acceptors (Lipinski definition) is 4. The molecule has 0 spiro atoms. The van der Waals surface area contributed by atoms with Crippen molar-refractivity contribution in [2.45, 2.75) is 0 Å². The van der Waals surface area contributed by atoms with Gasteiger partial charge < -0.3 is 4.74 Å². The van der Waals surface area contributed by atoms with Crippen molar-refractivity contribution in [2.24, 2.45) is 5.84 Å². The Morgan fingerprint density at radius 2 is 2.19 bits per heavy atom. The van der Waals surface area contributed by atoms with Crippen LogP contribution in [-0.2, 0) is 4.74 Å². The van der Waals surface area contributed by atoms with E-state index >= 15 is 0 Å². The van der Waals surface area contributed by atoms with E-state index in [0.717, 1.165) is 10.9 Å². The molecular formula is C11H11N3OS. The largest absolute Gasteiger partial charge is 0.473 e. The van der Waals surface area contributed by atoms with Crippen molar-refractivity contribution in [1.82, 2.24) is 4.98 Å². The van der Waals surface area contributed by atoms with Crippen molar-refractivity contribution in [3.63, 3.8) is 0 Å². The first-order chi connectivity index (χ1) is 7.72. The third-order valence-electron chi connectivity index (χ3n) is 2.23. The molecule has 0 aliphatic rings. The maximum Gasteiger partial charge on any atom is 0.278 e. The van der Waals surface area contributed by atoms with Gasteiger partial charge in [0.1, 0.15) is 0 Å². The number of rotatable bonds is 1. The molecule has 4 nitrogen and oxygen atoms in total. The van der Waals surface area contributed by atoms with Gasteiger partial charge in [0.25, 0.3) is 5.17 Å². The van der Waals surface area contributed by atoms with E-state index < -0.39 is 0 Å². The van der Waals surface area contributed by atoms with Crippen molar-refractivity contribution in [3.8, 4) is 0 Å². The van der Waals surface area contributed by atoms with Gasteiger partial charge in [0.15, 0.2) is 0 Å². The standard InChI is InChI=1S/C11H11N3OS/c1-15-11(16)14(12)9-6-8-4-2-3-5-10(8)13-7-9/h2-7H,12H2,1H3. The lowest BCUT2D eigenvalue weighted by Gasteiger charge is -2.17. The Balaban J connectivity index is 2.43. The second-order valence-electron chi connectivity index (χ2n) is 3.23. The summed E-state index contributed by atoms with van der Waals surface area (Å²) in [6, 6.07) is 9.70. The molecule has 2 aromatic rings. The maximum absolute atomic E-state index is 5.77. The van der Waals surface area contributed by atoms with Crippen LogP contribution in [0.25, 0.3) is 10.9 Å². The molecule has 0 aliphatic carbocycles. The monoisotopic (exact) mass is 233 g/mol. The predicted molar refractivity (Wildman–Crippen MR) is 68.0 cm³/mol. The predicted octanol–water partition coefficient (Wildman–Crippen LogP) is 1.85. The van der Waals surface area contributed by atoms with Gasteiger partial charge in [-0.1, -0.05) is 18.2 Å². The van der Waals surface area contributed by atoms with E-state index in [-0.39, 0.29) is 5.17 Å². The number of nitrogens with zero attached hydrogens (tertiary/aromatic N) is 2. The van der Waals surface area contributed by atoms with Gasteiger partial charge in [-0.3, -0.25) is 4.98 Å². The Kier molecular flexibility index (Phi) is 2.98. The van der Waals surface area contributed by atoms with Crippen LogP contribution in [0.1, 0.15) is 0 Å². The minimum atomic E-state index is 0.206. The van der Waals surface area contributed by atoms with E-state index in [2.05, 4.69) is 4.98 Å². The minimum absolute atomic E-state index is 0.206. The lowest BCUT2D eigenvalue weighted by molar-refractivity contribution is 0.403. The Hall–Kier alpha value is -1.72. The molecular weight excluding hydrogens is 222 g/mol. The minimum Gasteiger partial charge on any atom is -0.473 e. The molecule has 16 heavy (non-hydrogen) atoms. The average molecular weight is 233 g/mol. The number of thiocarbonyl (C=S) groups is 1. The number of aromatic nitrogens is 1. The second-order valence-corrected chi connectivity index (χ2v) is 3.58. The molecule has 0 saturated heterocycles. The fourth-order valence-corrected chi connectivity index (χ4v) is 1.50. The number of hydrogen-bond donors (Lipinski definition) is 1. The van der Waals surface area contributed by atoms with Crippen LogP contribution in [0.2, 0.25) is 0 Å². The number of pyridine rings is 1. The quantitative estimate of drug-likeness (QED) is 0.463. The van der Waals surface area contributed by atoms with Crippen LogP contribution < -0.4 is 10.9 Å². The number of hydrazine groups is 1. The van der Waals surface area contributed by atoms with Crippen molar-refractivity contribution >= 4 is 34.0 Å². The van der Waals surface area contributed by atoms with Gasteiger partial charge in [0, 0.05) is 5.39 Å². The highest BCUT2D eigenvalue weighted by molar-refractivity contribution is 7.80. The Bertz CT molecular complexity index is 529. The smallest absolute Gasteiger partial charge is 0.278 e. The van der Waals surface area contributed by atoms with Gasteiger partial charge in [-0.15, -0.1) is 0 Å². The van der Waals surface area contributed by atoms with E-state index in [1.165, 1.54) is 12.1 Å². The van der Waals surface area contributed by atoms with Gasteiger partial charge in [0.05, 0.1) is 24.5 Å². The van der Waals surface area contributed by atoms with Crippen molar-refractivity contribution < 1.29 is 4.74 Å². The zero-order valence-electron chi connectivity index (χ0n) is 8.75. The lowest BCUT2D eigenvalue weighted by Crippen LogP contribution is -2.37. The van der Waals surface area contributed by atoms with Crippen LogP contribution in [-0.4, -0.2) is 17.3 Å². The molecule has 0 atom stereocenters. The van der Waals surface area contributed by atoms with Crippen LogP contribution >= 0.6 is 12.2 Å². The van der Waals surface area contributed by atoms with Crippen LogP contribution in [0.4, 0.5) is 5.69 Å². The van der Waals surface area contributed by atoms with Crippen LogP contribution in [0, 0.1) is 0 Å². The number of anilines is 1. The lowest BCUT2D eigenvalue weighted by atomic mass is 10.2. The van der Waals surface area contributed by atoms with E-state index in [1.807, 2.05) is 30.3 Å². The summed E-state index contributed by atoms with van der Waals surface area (Å²) >= 11 is 4.93. The van der Waals surface area contributed by atoms with Crippen LogP contribution in [0.3, 0.4) is 0 Å². The summed E-state index contributed by atoms with van der Waals surface area (Å²) < 4.78 is 4.88. The van der Waals surface area contributed by atoms with Gasteiger partial charge in [0.2, 0.25) is 0 Å². The highest BCUT2D eigenvalue weighted by atomic mass is 32.1. The summed E-state index contributed by atoms with van der Waals surface area (Å²) in [4.78, 5) is 4.28. The third kappa shape index (κ3) is 1.95. The first-order valence-electron chi connectivity index (χ1n) is 4.70. The van der Waals surface area contributed by atoms with Gasteiger partial charge in [-0.05, 0) is 24.4 Å². The molecule has 2 N–H and O–H groups in total. The number of benzene rings is 1. The number of fused-ring (bicyclic) bond motifs is 1. The normalized spacial score (nSPS) is 10.1. The average Bonchev–Trinajstić information content (AvgIpc) is 2.36. The van der Waals surface area contributed by atoms with Crippen LogP contribution in [0.5, 0.6) is 0 Å². The first-order valence-corrected chi connectivity index (χ1v) is 5.11. The molecule has 82 valence electrons.